The van der Waals surface area contributed by atoms with Crippen LogP contribution >= 0.6 is 0 Å². The highest BCUT2D eigenvalue weighted by Gasteiger charge is 2.13. The summed E-state index contributed by atoms with van der Waals surface area (Å²) in [5, 5.41) is 2.86. The van der Waals surface area contributed by atoms with Crippen molar-refractivity contribution in [3.05, 3.63) is 72.6 Å². The maximum atomic E-state index is 12.4. The Balaban J connectivity index is 1.48. The fourth-order valence-electron chi connectivity index (χ4n) is 3.29. The molecule has 1 aromatic carbocycles. The zero-order valence-electron chi connectivity index (χ0n) is 18.2. The molecule has 0 bridgehead atoms. The van der Waals surface area contributed by atoms with Gasteiger partial charge in [-0.2, -0.15) is 13.1 Å². The van der Waals surface area contributed by atoms with Gasteiger partial charge < -0.3 is 14.7 Å². The summed E-state index contributed by atoms with van der Waals surface area (Å²) in [5.41, 5.74) is 3.79. The van der Waals surface area contributed by atoms with Crippen molar-refractivity contribution in [2.75, 3.05) is 11.3 Å². The van der Waals surface area contributed by atoms with E-state index in [1.165, 1.54) is 0 Å². The molecule has 0 aliphatic carbocycles. The Morgan fingerprint density at radius 3 is 2.79 bits per heavy atom. The molecule has 0 aliphatic rings. The van der Waals surface area contributed by atoms with Gasteiger partial charge in [0, 0.05) is 43.2 Å². The number of amides is 1. The maximum absolute atomic E-state index is 12.4. The predicted molar refractivity (Wildman–Crippen MR) is 126 cm³/mol. The van der Waals surface area contributed by atoms with E-state index in [4.69, 9.17) is 0 Å². The molecule has 0 fully saturated rings. The first-order valence-electron chi connectivity index (χ1n) is 10.4. The zero-order chi connectivity index (χ0) is 23.4. The summed E-state index contributed by atoms with van der Waals surface area (Å²) < 4.78 is 31.6. The molecule has 4 N–H and O–H groups in total. The Labute approximate surface area is 191 Å². The van der Waals surface area contributed by atoms with Gasteiger partial charge in [0.2, 0.25) is 0 Å². The standard InChI is InChI=1S/C22H25N7O3S/c1-15(2)26-22(30)17-6-7-21-27-20(13-29(21)12-17)16-4-3-5-18(10-16)28-33(31,32)25-9-8-19-11-23-14-24-19/h3-7,10-15,25,28H,8-9H2,1-2H3,(H,23,24)(H,26,30). The molecule has 11 heteroatoms. The Hall–Kier alpha value is -3.70. The lowest BCUT2D eigenvalue weighted by Gasteiger charge is -2.09. The van der Waals surface area contributed by atoms with Crippen LogP contribution in [0.2, 0.25) is 0 Å². The van der Waals surface area contributed by atoms with Crippen LogP contribution < -0.4 is 14.8 Å². The summed E-state index contributed by atoms with van der Waals surface area (Å²) in [5.74, 6) is -0.154. The minimum Gasteiger partial charge on any atom is -0.351 e. The molecule has 10 nitrogen and oxygen atoms in total. The third-order valence-electron chi connectivity index (χ3n) is 4.77. The van der Waals surface area contributed by atoms with Crippen LogP contribution in [-0.2, 0) is 16.6 Å². The number of rotatable bonds is 9. The van der Waals surface area contributed by atoms with Crippen LogP contribution in [0, 0.1) is 0 Å². The Morgan fingerprint density at radius 1 is 1.18 bits per heavy atom. The first kappa shape index (κ1) is 22.5. The number of hydrogen-bond acceptors (Lipinski definition) is 5. The highest BCUT2D eigenvalue weighted by Crippen LogP contribution is 2.23. The second-order valence-electron chi connectivity index (χ2n) is 7.83. The van der Waals surface area contributed by atoms with Gasteiger partial charge in [-0.1, -0.05) is 12.1 Å². The van der Waals surface area contributed by atoms with Gasteiger partial charge in [0.05, 0.1) is 29.0 Å². The Bertz CT molecular complexity index is 1360. The van der Waals surface area contributed by atoms with Crippen molar-refractivity contribution in [1.82, 2.24) is 29.4 Å². The third-order valence-corrected chi connectivity index (χ3v) is 5.86. The number of pyridine rings is 1. The number of aromatic amines is 1. The monoisotopic (exact) mass is 467 g/mol. The molecule has 0 atom stereocenters. The van der Waals surface area contributed by atoms with Gasteiger partial charge in [0.25, 0.3) is 16.1 Å². The number of H-pyrrole nitrogens is 1. The largest absolute Gasteiger partial charge is 0.351 e. The fraction of sp³-hybridized carbons (Fsp3) is 0.227. The third kappa shape index (κ3) is 5.76. The molecule has 172 valence electrons. The molecule has 3 heterocycles. The smallest absolute Gasteiger partial charge is 0.299 e. The van der Waals surface area contributed by atoms with Crippen LogP contribution in [0.25, 0.3) is 16.9 Å². The van der Waals surface area contributed by atoms with E-state index >= 15 is 0 Å². The normalized spacial score (nSPS) is 11.7. The predicted octanol–water partition coefficient (Wildman–Crippen LogP) is 2.35. The summed E-state index contributed by atoms with van der Waals surface area (Å²) in [4.78, 5) is 23.8. The van der Waals surface area contributed by atoms with E-state index in [0.717, 1.165) is 11.3 Å². The molecule has 0 spiro atoms. The van der Waals surface area contributed by atoms with E-state index in [0.29, 0.717) is 29.0 Å². The SMILES string of the molecule is CC(C)NC(=O)c1ccc2nc(-c3cccc(NS(=O)(=O)NCCc4c[nH]cn4)c3)cn2c1. The lowest BCUT2D eigenvalue weighted by atomic mass is 10.1. The average molecular weight is 468 g/mol. The van der Waals surface area contributed by atoms with E-state index in [-0.39, 0.29) is 18.5 Å². The van der Waals surface area contributed by atoms with Crippen molar-refractivity contribution in [1.29, 1.82) is 0 Å². The van der Waals surface area contributed by atoms with Gasteiger partial charge in [-0.15, -0.1) is 0 Å². The summed E-state index contributed by atoms with van der Waals surface area (Å²) in [7, 11) is -3.74. The number of aromatic nitrogens is 4. The number of carbonyl (C=O) groups excluding carboxylic acids is 1. The van der Waals surface area contributed by atoms with Crippen molar-refractivity contribution in [3.8, 4) is 11.3 Å². The van der Waals surface area contributed by atoms with Gasteiger partial charge in [-0.05, 0) is 38.1 Å². The number of fused-ring (bicyclic) bond motifs is 1. The first-order valence-corrected chi connectivity index (χ1v) is 11.9. The summed E-state index contributed by atoms with van der Waals surface area (Å²) in [6.07, 6.45) is 7.27. The number of nitrogens with zero attached hydrogens (tertiary/aromatic N) is 3. The number of imidazole rings is 2. The second kappa shape index (κ2) is 9.43. The molecule has 4 rings (SSSR count). The van der Waals surface area contributed by atoms with Crippen LogP contribution in [0.4, 0.5) is 5.69 Å². The quantitative estimate of drug-likeness (QED) is 0.300. The van der Waals surface area contributed by atoms with Gasteiger partial charge in [0.15, 0.2) is 0 Å². The highest BCUT2D eigenvalue weighted by molar-refractivity contribution is 7.90. The summed E-state index contributed by atoms with van der Waals surface area (Å²) in [6, 6.07) is 10.5. The molecule has 0 unspecified atom stereocenters. The minimum atomic E-state index is -3.74. The molecule has 0 saturated carbocycles. The van der Waals surface area contributed by atoms with E-state index in [1.807, 2.05) is 19.9 Å². The van der Waals surface area contributed by atoms with Crippen molar-refractivity contribution < 1.29 is 13.2 Å². The van der Waals surface area contributed by atoms with Crippen molar-refractivity contribution in [2.24, 2.45) is 0 Å². The topological polar surface area (TPSA) is 133 Å². The number of anilines is 1. The number of hydrogen-bond donors (Lipinski definition) is 4. The van der Waals surface area contributed by atoms with Crippen LogP contribution in [0.1, 0.15) is 29.9 Å². The van der Waals surface area contributed by atoms with Crippen LogP contribution in [0.3, 0.4) is 0 Å². The fourth-order valence-corrected chi connectivity index (χ4v) is 4.17. The molecule has 0 aliphatic heterocycles. The van der Waals surface area contributed by atoms with Crippen molar-refractivity contribution in [3.63, 3.8) is 0 Å². The van der Waals surface area contributed by atoms with E-state index in [9.17, 15) is 13.2 Å². The zero-order valence-corrected chi connectivity index (χ0v) is 19.1. The maximum Gasteiger partial charge on any atom is 0.299 e. The van der Waals surface area contributed by atoms with Gasteiger partial charge >= 0.3 is 0 Å². The number of benzene rings is 1. The Morgan fingerprint density at radius 2 is 2.03 bits per heavy atom. The molecule has 0 radical (unpaired) electrons. The van der Waals surface area contributed by atoms with Gasteiger partial charge in [-0.3, -0.25) is 9.52 Å². The lowest BCUT2D eigenvalue weighted by molar-refractivity contribution is 0.0942. The number of nitrogens with one attached hydrogen (secondary N) is 4. The van der Waals surface area contributed by atoms with Crippen LogP contribution in [-0.4, -0.2) is 46.3 Å². The van der Waals surface area contributed by atoms with Gasteiger partial charge in [-0.25, -0.2) is 9.97 Å². The number of carbonyl (C=O) groups is 1. The molecular formula is C22H25N7O3S. The van der Waals surface area contributed by atoms with E-state index in [2.05, 4.69) is 29.7 Å². The lowest BCUT2D eigenvalue weighted by Crippen LogP contribution is -2.31. The Kier molecular flexibility index (Phi) is 6.43. The molecule has 0 saturated heterocycles. The van der Waals surface area contributed by atoms with Crippen LogP contribution in [0.15, 0.2) is 61.3 Å². The average Bonchev–Trinajstić information content (AvgIpc) is 3.42. The minimum absolute atomic E-state index is 0.0397. The molecule has 3 aromatic heterocycles. The summed E-state index contributed by atoms with van der Waals surface area (Å²) >= 11 is 0. The van der Waals surface area contributed by atoms with E-state index in [1.54, 1.807) is 59.7 Å². The second-order valence-corrected chi connectivity index (χ2v) is 9.33. The van der Waals surface area contributed by atoms with Gasteiger partial charge in [0.1, 0.15) is 5.65 Å². The molecule has 4 aromatic rings. The summed E-state index contributed by atoms with van der Waals surface area (Å²) in [6.45, 7) is 4.03. The molecule has 1 amide bonds. The molecular weight excluding hydrogens is 442 g/mol. The molecule has 33 heavy (non-hydrogen) atoms. The van der Waals surface area contributed by atoms with E-state index < -0.39 is 10.2 Å². The first-order chi connectivity index (χ1) is 15.8. The van der Waals surface area contributed by atoms with Crippen molar-refractivity contribution in [2.45, 2.75) is 26.3 Å². The highest BCUT2D eigenvalue weighted by atomic mass is 32.2. The van der Waals surface area contributed by atoms with Crippen LogP contribution in [0.5, 0.6) is 0 Å². The van der Waals surface area contributed by atoms with Crippen molar-refractivity contribution >= 4 is 27.5 Å².